The molecule has 60 valence electrons. The van der Waals surface area contributed by atoms with Gasteiger partial charge in [0.2, 0.25) is 0 Å². The van der Waals surface area contributed by atoms with Crippen molar-refractivity contribution in [3.63, 3.8) is 0 Å². The Morgan fingerprint density at radius 1 is 1.36 bits per heavy atom. The van der Waals surface area contributed by atoms with Gasteiger partial charge in [0.1, 0.15) is 12.8 Å². The van der Waals surface area contributed by atoms with Crippen LogP contribution in [0, 0.1) is 0 Å². The van der Waals surface area contributed by atoms with Gasteiger partial charge in [0.05, 0.1) is 0 Å². The summed E-state index contributed by atoms with van der Waals surface area (Å²) >= 11 is 3.24. The van der Waals surface area contributed by atoms with E-state index < -0.39 is 12.8 Å². The predicted molar refractivity (Wildman–Crippen MR) is 45.1 cm³/mol. The summed E-state index contributed by atoms with van der Waals surface area (Å²) in [5.41, 5.74) is 0.607. The summed E-state index contributed by atoms with van der Waals surface area (Å²) in [6.07, 6.45) is -0.983. The Morgan fingerprint density at radius 3 is 2.36 bits per heavy atom. The maximum Gasteiger partial charge on any atom is 0.119 e. The van der Waals surface area contributed by atoms with E-state index in [-0.39, 0.29) is 0 Å². The van der Waals surface area contributed by atoms with E-state index in [1.807, 2.05) is 0 Å². The SMILES string of the molecule is O[C@@H](CF)c1ccc(Br)cc1. The summed E-state index contributed by atoms with van der Waals surface area (Å²) in [5, 5.41) is 9.03. The van der Waals surface area contributed by atoms with Gasteiger partial charge < -0.3 is 5.11 Å². The molecule has 1 atom stereocenters. The van der Waals surface area contributed by atoms with E-state index >= 15 is 0 Å². The van der Waals surface area contributed by atoms with E-state index in [4.69, 9.17) is 5.11 Å². The van der Waals surface area contributed by atoms with E-state index in [1.165, 1.54) is 0 Å². The Balaban J connectivity index is 2.81. The molecule has 0 aliphatic carbocycles. The maximum absolute atomic E-state index is 11.9. The fourth-order valence-corrected chi connectivity index (χ4v) is 1.04. The molecule has 0 radical (unpaired) electrons. The molecule has 1 nitrogen and oxygen atoms in total. The Morgan fingerprint density at radius 2 is 1.91 bits per heavy atom. The fraction of sp³-hybridized carbons (Fsp3) is 0.250. The molecule has 0 fully saturated rings. The zero-order valence-electron chi connectivity index (χ0n) is 5.80. The van der Waals surface area contributed by atoms with Gasteiger partial charge in [-0.3, -0.25) is 0 Å². The lowest BCUT2D eigenvalue weighted by Gasteiger charge is -2.04. The van der Waals surface area contributed by atoms with Gasteiger partial charge in [0, 0.05) is 4.47 Å². The number of aliphatic hydroxyl groups is 1. The molecule has 0 aromatic heterocycles. The molecule has 11 heavy (non-hydrogen) atoms. The molecular formula is C8H8BrFO. The first kappa shape index (κ1) is 8.68. The highest BCUT2D eigenvalue weighted by atomic mass is 79.9. The van der Waals surface area contributed by atoms with Crippen molar-refractivity contribution in [2.45, 2.75) is 6.10 Å². The van der Waals surface area contributed by atoms with Gasteiger partial charge in [-0.15, -0.1) is 0 Å². The third-order valence-electron chi connectivity index (χ3n) is 1.40. The molecular weight excluding hydrogens is 211 g/mol. The number of hydrogen-bond donors (Lipinski definition) is 1. The quantitative estimate of drug-likeness (QED) is 0.809. The molecule has 0 aliphatic rings. The van der Waals surface area contributed by atoms with Gasteiger partial charge in [-0.2, -0.15) is 0 Å². The maximum atomic E-state index is 11.9. The molecule has 0 unspecified atom stereocenters. The van der Waals surface area contributed by atoms with Crippen LogP contribution in [0.3, 0.4) is 0 Å². The van der Waals surface area contributed by atoms with E-state index in [0.717, 1.165) is 4.47 Å². The number of rotatable bonds is 2. The molecule has 1 aromatic rings. The summed E-state index contributed by atoms with van der Waals surface area (Å²) in [4.78, 5) is 0. The largest absolute Gasteiger partial charge is 0.386 e. The minimum Gasteiger partial charge on any atom is -0.386 e. The van der Waals surface area contributed by atoms with Gasteiger partial charge in [0.15, 0.2) is 0 Å². The topological polar surface area (TPSA) is 20.2 Å². The highest BCUT2D eigenvalue weighted by molar-refractivity contribution is 9.10. The average molecular weight is 219 g/mol. The molecule has 0 aliphatic heterocycles. The molecule has 1 aromatic carbocycles. The van der Waals surface area contributed by atoms with Gasteiger partial charge in [-0.1, -0.05) is 28.1 Å². The van der Waals surface area contributed by atoms with Crippen molar-refractivity contribution in [3.8, 4) is 0 Å². The lowest BCUT2D eigenvalue weighted by Crippen LogP contribution is -1.97. The fourth-order valence-electron chi connectivity index (χ4n) is 0.774. The van der Waals surface area contributed by atoms with Crippen LogP contribution in [0.25, 0.3) is 0 Å². The first-order valence-electron chi connectivity index (χ1n) is 3.23. The molecule has 1 rings (SSSR count). The van der Waals surface area contributed by atoms with E-state index in [9.17, 15) is 4.39 Å². The summed E-state index contributed by atoms with van der Waals surface area (Å²) in [7, 11) is 0. The van der Waals surface area contributed by atoms with E-state index in [1.54, 1.807) is 24.3 Å². The van der Waals surface area contributed by atoms with Crippen LogP contribution in [0.5, 0.6) is 0 Å². The number of hydrogen-bond acceptors (Lipinski definition) is 1. The van der Waals surface area contributed by atoms with Crippen molar-refractivity contribution in [1.29, 1.82) is 0 Å². The van der Waals surface area contributed by atoms with Crippen LogP contribution in [-0.2, 0) is 0 Å². The molecule has 0 heterocycles. The number of alkyl halides is 1. The summed E-state index contributed by atoms with van der Waals surface area (Å²) < 4.78 is 12.8. The van der Waals surface area contributed by atoms with Crippen LogP contribution < -0.4 is 0 Å². The lowest BCUT2D eigenvalue weighted by atomic mass is 10.1. The zero-order chi connectivity index (χ0) is 8.27. The molecule has 0 spiro atoms. The normalized spacial score (nSPS) is 13.0. The highest BCUT2D eigenvalue weighted by Gasteiger charge is 2.04. The van der Waals surface area contributed by atoms with Gasteiger partial charge in [0.25, 0.3) is 0 Å². The molecule has 0 saturated carbocycles. The molecule has 3 heteroatoms. The Hall–Kier alpha value is -0.410. The first-order valence-corrected chi connectivity index (χ1v) is 4.03. The average Bonchev–Trinajstić information content (AvgIpc) is 2.05. The van der Waals surface area contributed by atoms with Crippen LogP contribution in [0.4, 0.5) is 4.39 Å². The van der Waals surface area contributed by atoms with Crippen molar-refractivity contribution >= 4 is 15.9 Å². The van der Waals surface area contributed by atoms with Crippen LogP contribution in [0.15, 0.2) is 28.7 Å². The van der Waals surface area contributed by atoms with Crippen molar-refractivity contribution in [1.82, 2.24) is 0 Å². The zero-order valence-corrected chi connectivity index (χ0v) is 7.38. The number of benzene rings is 1. The second-order valence-electron chi connectivity index (χ2n) is 2.22. The van der Waals surface area contributed by atoms with Crippen molar-refractivity contribution in [2.75, 3.05) is 6.67 Å². The number of aliphatic hydroxyl groups excluding tert-OH is 1. The predicted octanol–water partition coefficient (Wildman–Crippen LogP) is 2.45. The Bertz CT molecular complexity index is 222. The second-order valence-corrected chi connectivity index (χ2v) is 3.14. The Labute approximate surface area is 73.0 Å². The van der Waals surface area contributed by atoms with Crippen molar-refractivity contribution in [2.24, 2.45) is 0 Å². The summed E-state index contributed by atoms with van der Waals surface area (Å²) in [5.74, 6) is 0. The minimum atomic E-state index is -0.983. The monoisotopic (exact) mass is 218 g/mol. The smallest absolute Gasteiger partial charge is 0.119 e. The first-order chi connectivity index (χ1) is 5.24. The summed E-state index contributed by atoms with van der Waals surface area (Å²) in [6.45, 7) is -0.734. The number of halogens is 2. The Kier molecular flexibility index (Phi) is 3.02. The van der Waals surface area contributed by atoms with Gasteiger partial charge >= 0.3 is 0 Å². The van der Waals surface area contributed by atoms with Gasteiger partial charge in [-0.25, -0.2) is 4.39 Å². The third-order valence-corrected chi connectivity index (χ3v) is 1.93. The van der Waals surface area contributed by atoms with Crippen LogP contribution in [0.2, 0.25) is 0 Å². The van der Waals surface area contributed by atoms with Crippen molar-refractivity contribution < 1.29 is 9.50 Å². The molecule has 1 N–H and O–H groups in total. The lowest BCUT2D eigenvalue weighted by molar-refractivity contribution is 0.142. The second kappa shape index (κ2) is 3.83. The van der Waals surface area contributed by atoms with Crippen LogP contribution >= 0.6 is 15.9 Å². The van der Waals surface area contributed by atoms with Crippen LogP contribution in [0.1, 0.15) is 11.7 Å². The third kappa shape index (κ3) is 2.27. The molecule has 0 saturated heterocycles. The van der Waals surface area contributed by atoms with E-state index in [0.29, 0.717) is 5.56 Å². The minimum absolute atomic E-state index is 0.607. The van der Waals surface area contributed by atoms with Crippen molar-refractivity contribution in [3.05, 3.63) is 34.3 Å². The molecule has 0 bridgehead atoms. The molecule has 0 amide bonds. The standard InChI is InChI=1S/C8H8BrFO/c9-7-3-1-6(2-4-7)8(11)5-10/h1-4,8,11H,5H2/t8-/m0/s1. The van der Waals surface area contributed by atoms with Gasteiger partial charge in [-0.05, 0) is 17.7 Å². The highest BCUT2D eigenvalue weighted by Crippen LogP contribution is 2.16. The van der Waals surface area contributed by atoms with Crippen LogP contribution in [-0.4, -0.2) is 11.8 Å². The van der Waals surface area contributed by atoms with E-state index in [2.05, 4.69) is 15.9 Å². The summed E-state index contributed by atoms with van der Waals surface area (Å²) in [6, 6.07) is 6.92.